The molecule has 21 heavy (non-hydrogen) atoms. The predicted octanol–water partition coefficient (Wildman–Crippen LogP) is 1.74. The minimum atomic E-state index is -0.0954. The molecular weight excluding hydrogens is 266 g/mol. The maximum Gasteiger partial charge on any atom is 0.251 e. The fourth-order valence-corrected chi connectivity index (χ4v) is 2.49. The van der Waals surface area contributed by atoms with Crippen LogP contribution in [-0.2, 0) is 0 Å². The predicted molar refractivity (Wildman–Crippen MR) is 79.6 cm³/mol. The number of carbonyl (C=O) groups excluding carboxylic acids is 1. The van der Waals surface area contributed by atoms with Crippen molar-refractivity contribution in [3.8, 4) is 11.1 Å². The monoisotopic (exact) mass is 283 g/mol. The van der Waals surface area contributed by atoms with Crippen molar-refractivity contribution in [1.29, 1.82) is 0 Å². The Morgan fingerprint density at radius 2 is 2.10 bits per heavy atom. The van der Waals surface area contributed by atoms with Crippen LogP contribution < -0.4 is 5.32 Å². The standard InChI is InChI=1S/C16H17N3O2/c20-10-11-1-6-15(7-11)19-16(21)13-4-2-12(3-5-13)14-8-17-18-9-14/h1-6,8-9,11,15,20H,7,10H2,(H,17,18)(H,19,21)/t11-,15+/m0/s1. The van der Waals surface area contributed by atoms with Crippen LogP contribution in [0.25, 0.3) is 11.1 Å². The molecule has 0 saturated carbocycles. The highest BCUT2D eigenvalue weighted by Crippen LogP contribution is 2.19. The molecule has 3 rings (SSSR count). The van der Waals surface area contributed by atoms with Gasteiger partial charge in [-0.2, -0.15) is 5.10 Å². The molecule has 0 spiro atoms. The third-order valence-corrected chi connectivity index (χ3v) is 3.70. The Labute approximate surface area is 122 Å². The normalized spacial score (nSPS) is 20.6. The summed E-state index contributed by atoms with van der Waals surface area (Å²) in [6, 6.07) is 7.42. The largest absolute Gasteiger partial charge is 0.396 e. The van der Waals surface area contributed by atoms with Gasteiger partial charge < -0.3 is 10.4 Å². The third-order valence-electron chi connectivity index (χ3n) is 3.70. The van der Waals surface area contributed by atoms with Crippen LogP contribution in [0.5, 0.6) is 0 Å². The molecule has 3 N–H and O–H groups in total. The average Bonchev–Trinajstić information content (AvgIpc) is 3.19. The lowest BCUT2D eigenvalue weighted by molar-refractivity contribution is 0.0941. The van der Waals surface area contributed by atoms with Crippen molar-refractivity contribution in [2.45, 2.75) is 12.5 Å². The fraction of sp³-hybridized carbons (Fsp3) is 0.250. The number of amides is 1. The van der Waals surface area contributed by atoms with Crippen LogP contribution >= 0.6 is 0 Å². The number of nitrogens with zero attached hydrogens (tertiary/aromatic N) is 1. The molecule has 0 bridgehead atoms. The molecule has 2 aromatic rings. The highest BCUT2D eigenvalue weighted by molar-refractivity contribution is 5.95. The molecule has 0 unspecified atom stereocenters. The summed E-state index contributed by atoms with van der Waals surface area (Å²) in [4.78, 5) is 12.2. The first kappa shape index (κ1) is 13.6. The fourth-order valence-electron chi connectivity index (χ4n) is 2.49. The number of aromatic amines is 1. The maximum atomic E-state index is 12.2. The van der Waals surface area contributed by atoms with Crippen LogP contribution in [0, 0.1) is 5.92 Å². The smallest absolute Gasteiger partial charge is 0.251 e. The van der Waals surface area contributed by atoms with Gasteiger partial charge in [-0.15, -0.1) is 0 Å². The summed E-state index contributed by atoms with van der Waals surface area (Å²) in [5.74, 6) is 0.0563. The molecule has 2 atom stereocenters. The van der Waals surface area contributed by atoms with Crippen molar-refractivity contribution < 1.29 is 9.90 Å². The molecule has 108 valence electrons. The van der Waals surface area contributed by atoms with Crippen LogP contribution in [0.15, 0.2) is 48.8 Å². The number of hydrogen-bond acceptors (Lipinski definition) is 3. The van der Waals surface area contributed by atoms with Crippen molar-refractivity contribution in [3.05, 3.63) is 54.4 Å². The van der Waals surface area contributed by atoms with Gasteiger partial charge in [-0.1, -0.05) is 24.3 Å². The van der Waals surface area contributed by atoms with Gasteiger partial charge in [0.25, 0.3) is 5.91 Å². The van der Waals surface area contributed by atoms with E-state index in [0.717, 1.165) is 17.5 Å². The highest BCUT2D eigenvalue weighted by Gasteiger charge is 2.20. The molecule has 0 saturated heterocycles. The van der Waals surface area contributed by atoms with Crippen LogP contribution in [0.2, 0.25) is 0 Å². The second-order valence-electron chi connectivity index (χ2n) is 5.21. The summed E-state index contributed by atoms with van der Waals surface area (Å²) in [6.45, 7) is 0.127. The van der Waals surface area contributed by atoms with Gasteiger partial charge in [0.05, 0.1) is 6.20 Å². The van der Waals surface area contributed by atoms with Crippen molar-refractivity contribution >= 4 is 5.91 Å². The molecule has 0 radical (unpaired) electrons. The topological polar surface area (TPSA) is 78.0 Å². The van der Waals surface area contributed by atoms with Gasteiger partial charge in [-0.05, 0) is 24.1 Å². The first-order chi connectivity index (χ1) is 10.3. The van der Waals surface area contributed by atoms with Crippen molar-refractivity contribution in [1.82, 2.24) is 15.5 Å². The Morgan fingerprint density at radius 1 is 1.29 bits per heavy atom. The number of carbonyl (C=O) groups is 1. The first-order valence-corrected chi connectivity index (χ1v) is 6.95. The van der Waals surface area contributed by atoms with Gasteiger partial charge >= 0.3 is 0 Å². The number of rotatable bonds is 4. The molecule has 1 aromatic heterocycles. The number of hydrogen-bond donors (Lipinski definition) is 3. The molecule has 1 amide bonds. The Balaban J connectivity index is 1.64. The van der Waals surface area contributed by atoms with E-state index >= 15 is 0 Å². The summed E-state index contributed by atoms with van der Waals surface area (Å²) in [5, 5.41) is 18.7. The number of aliphatic hydroxyl groups is 1. The molecule has 5 nitrogen and oxygen atoms in total. The maximum absolute atomic E-state index is 12.2. The summed E-state index contributed by atoms with van der Waals surface area (Å²) in [6.07, 6.45) is 8.21. The van der Waals surface area contributed by atoms with Crippen molar-refractivity contribution in [3.63, 3.8) is 0 Å². The van der Waals surface area contributed by atoms with Crippen molar-refractivity contribution in [2.24, 2.45) is 5.92 Å². The molecule has 0 aliphatic heterocycles. The Kier molecular flexibility index (Phi) is 3.83. The van der Waals surface area contributed by atoms with Gasteiger partial charge in [0.1, 0.15) is 0 Å². The van der Waals surface area contributed by atoms with Crippen molar-refractivity contribution in [2.75, 3.05) is 6.61 Å². The van der Waals surface area contributed by atoms with Crippen LogP contribution in [0.4, 0.5) is 0 Å². The van der Waals surface area contributed by atoms with E-state index in [1.807, 2.05) is 30.5 Å². The summed E-state index contributed by atoms with van der Waals surface area (Å²) < 4.78 is 0. The van der Waals surface area contributed by atoms with E-state index < -0.39 is 0 Å². The van der Waals surface area contributed by atoms with Crippen LogP contribution in [0.1, 0.15) is 16.8 Å². The summed E-state index contributed by atoms with van der Waals surface area (Å²) in [5.41, 5.74) is 2.64. The zero-order valence-electron chi connectivity index (χ0n) is 11.5. The lowest BCUT2D eigenvalue weighted by Crippen LogP contribution is -2.32. The van der Waals surface area contributed by atoms with E-state index in [4.69, 9.17) is 5.11 Å². The second-order valence-corrected chi connectivity index (χ2v) is 5.21. The lowest BCUT2D eigenvalue weighted by atomic mass is 10.1. The Hall–Kier alpha value is -2.40. The van der Waals surface area contributed by atoms with E-state index in [1.165, 1.54) is 0 Å². The van der Waals surface area contributed by atoms with Gasteiger partial charge in [0, 0.05) is 35.9 Å². The first-order valence-electron chi connectivity index (χ1n) is 6.95. The summed E-state index contributed by atoms with van der Waals surface area (Å²) in [7, 11) is 0. The minimum Gasteiger partial charge on any atom is -0.396 e. The number of benzene rings is 1. The Morgan fingerprint density at radius 3 is 2.71 bits per heavy atom. The van der Waals surface area contributed by atoms with E-state index in [1.54, 1.807) is 18.3 Å². The SMILES string of the molecule is O=C(N[C@@H]1C=C[C@H](CO)C1)c1ccc(-c2cn[nH]c2)cc1. The number of H-pyrrole nitrogens is 1. The van der Waals surface area contributed by atoms with Gasteiger partial charge in [-0.3, -0.25) is 9.89 Å². The Bertz CT molecular complexity index is 632. The zero-order chi connectivity index (χ0) is 14.7. The average molecular weight is 283 g/mol. The quantitative estimate of drug-likeness (QED) is 0.748. The number of nitrogens with one attached hydrogen (secondary N) is 2. The zero-order valence-corrected chi connectivity index (χ0v) is 11.5. The molecular formula is C16H17N3O2. The third kappa shape index (κ3) is 3.03. The molecule has 1 heterocycles. The van der Waals surface area contributed by atoms with E-state index in [9.17, 15) is 4.79 Å². The molecule has 0 fully saturated rings. The molecule has 1 aliphatic carbocycles. The molecule has 1 aromatic carbocycles. The van der Waals surface area contributed by atoms with E-state index in [-0.39, 0.29) is 24.5 Å². The molecule has 5 heteroatoms. The van der Waals surface area contributed by atoms with E-state index in [2.05, 4.69) is 15.5 Å². The minimum absolute atomic E-state index is 0.00296. The number of aliphatic hydroxyl groups excluding tert-OH is 1. The second kappa shape index (κ2) is 5.93. The van der Waals surface area contributed by atoms with E-state index in [0.29, 0.717) is 5.56 Å². The molecule has 1 aliphatic rings. The van der Waals surface area contributed by atoms with Gasteiger partial charge in [0.15, 0.2) is 0 Å². The summed E-state index contributed by atoms with van der Waals surface area (Å²) >= 11 is 0. The van der Waals surface area contributed by atoms with Crippen LogP contribution in [0.3, 0.4) is 0 Å². The lowest BCUT2D eigenvalue weighted by Gasteiger charge is -2.12. The number of aromatic nitrogens is 2. The highest BCUT2D eigenvalue weighted by atomic mass is 16.3. The van der Waals surface area contributed by atoms with Crippen LogP contribution in [-0.4, -0.2) is 33.9 Å². The van der Waals surface area contributed by atoms with Gasteiger partial charge in [0.2, 0.25) is 0 Å². The van der Waals surface area contributed by atoms with Gasteiger partial charge in [-0.25, -0.2) is 0 Å².